The van der Waals surface area contributed by atoms with Crippen molar-refractivity contribution < 1.29 is 19.5 Å². The molecule has 1 heterocycles. The molecule has 10 heteroatoms. The third kappa shape index (κ3) is 8.25. The molecule has 0 bridgehead atoms. The van der Waals surface area contributed by atoms with Crippen LogP contribution in [0.4, 0.5) is 0 Å². The van der Waals surface area contributed by atoms with Gasteiger partial charge in [-0.1, -0.05) is 13.3 Å². The number of nitrogens with two attached hydrogens (primary N) is 2. The minimum Gasteiger partial charge on any atom is -0.480 e. The molecule has 0 aromatic heterocycles. The molecular weight excluding hydrogens is 352 g/mol. The topological polar surface area (TPSA) is 166 Å². The van der Waals surface area contributed by atoms with E-state index < -0.39 is 24.5 Å². The van der Waals surface area contributed by atoms with Crippen LogP contribution in [0.15, 0.2) is 0 Å². The molecule has 1 aliphatic rings. The zero-order chi connectivity index (χ0) is 20.4. The standard InChI is InChI=1S/C17H32N6O4/c1-2-3-6-22(11-15(25)26)16(27)13(18)8-14(24)21-9-12-5-4-7-23(10-12)17(19)20/h12-13H,2-11,18H2,1H3,(H3,19,20)(H,21,24)(H,25,26)/t12-,13-/m0/s1. The number of nitrogens with zero attached hydrogens (tertiary/aromatic N) is 2. The van der Waals surface area contributed by atoms with E-state index in [2.05, 4.69) is 5.32 Å². The van der Waals surface area contributed by atoms with Crippen LogP contribution in [0, 0.1) is 11.3 Å². The second-order valence-electron chi connectivity index (χ2n) is 6.96. The predicted molar refractivity (Wildman–Crippen MR) is 101 cm³/mol. The minimum atomic E-state index is -1.11. The van der Waals surface area contributed by atoms with E-state index in [9.17, 15) is 14.4 Å². The average Bonchev–Trinajstić information content (AvgIpc) is 2.62. The number of amides is 2. The van der Waals surface area contributed by atoms with Crippen LogP contribution in [0.25, 0.3) is 0 Å². The van der Waals surface area contributed by atoms with Gasteiger partial charge in [-0.3, -0.25) is 19.8 Å². The summed E-state index contributed by atoms with van der Waals surface area (Å²) in [6.45, 7) is 3.62. The van der Waals surface area contributed by atoms with Gasteiger partial charge < -0.3 is 31.7 Å². The summed E-state index contributed by atoms with van der Waals surface area (Å²) in [6.07, 6.45) is 3.13. The van der Waals surface area contributed by atoms with Gasteiger partial charge in [0.1, 0.15) is 6.54 Å². The highest BCUT2D eigenvalue weighted by Crippen LogP contribution is 2.15. The largest absolute Gasteiger partial charge is 0.480 e. The van der Waals surface area contributed by atoms with Gasteiger partial charge in [-0.25, -0.2) is 0 Å². The van der Waals surface area contributed by atoms with Crippen molar-refractivity contribution >= 4 is 23.7 Å². The van der Waals surface area contributed by atoms with Gasteiger partial charge >= 0.3 is 5.97 Å². The Balaban J connectivity index is 2.46. The first-order chi connectivity index (χ1) is 12.7. The van der Waals surface area contributed by atoms with Crippen molar-refractivity contribution in [3.63, 3.8) is 0 Å². The first-order valence-corrected chi connectivity index (χ1v) is 9.36. The Morgan fingerprint density at radius 1 is 1.41 bits per heavy atom. The Morgan fingerprint density at radius 2 is 2.11 bits per heavy atom. The van der Waals surface area contributed by atoms with Crippen LogP contribution in [0.1, 0.15) is 39.0 Å². The van der Waals surface area contributed by atoms with Crippen molar-refractivity contribution in [1.82, 2.24) is 15.1 Å². The maximum Gasteiger partial charge on any atom is 0.323 e. The van der Waals surface area contributed by atoms with Crippen LogP contribution in [0.3, 0.4) is 0 Å². The second kappa shape index (κ2) is 11.4. The van der Waals surface area contributed by atoms with E-state index in [4.69, 9.17) is 22.0 Å². The van der Waals surface area contributed by atoms with Gasteiger partial charge in [-0.2, -0.15) is 0 Å². The molecule has 154 valence electrons. The van der Waals surface area contributed by atoms with Crippen molar-refractivity contribution in [2.45, 2.75) is 45.1 Å². The van der Waals surface area contributed by atoms with E-state index in [1.807, 2.05) is 6.92 Å². The molecule has 0 radical (unpaired) electrons. The average molecular weight is 384 g/mol. The number of carbonyl (C=O) groups excluding carboxylic acids is 2. The molecule has 2 atom stereocenters. The van der Waals surface area contributed by atoms with E-state index in [0.29, 0.717) is 26.1 Å². The molecule has 0 saturated carbocycles. The number of piperidine rings is 1. The van der Waals surface area contributed by atoms with E-state index in [1.165, 1.54) is 4.90 Å². The lowest BCUT2D eigenvalue weighted by molar-refractivity contribution is -0.145. The Kier molecular flexibility index (Phi) is 9.55. The number of hydrogen-bond donors (Lipinski definition) is 5. The maximum absolute atomic E-state index is 12.4. The van der Waals surface area contributed by atoms with Gasteiger partial charge in [0, 0.05) is 26.2 Å². The number of rotatable bonds is 10. The maximum atomic E-state index is 12.4. The minimum absolute atomic E-state index is 0.0317. The number of nitrogens with one attached hydrogen (secondary N) is 2. The summed E-state index contributed by atoms with van der Waals surface area (Å²) in [4.78, 5) is 38.4. The van der Waals surface area contributed by atoms with Crippen molar-refractivity contribution in [2.24, 2.45) is 17.4 Å². The predicted octanol–water partition coefficient (Wildman–Crippen LogP) is -0.861. The fourth-order valence-electron chi connectivity index (χ4n) is 3.08. The quantitative estimate of drug-likeness (QED) is 0.241. The molecule has 2 amide bonds. The molecule has 1 saturated heterocycles. The lowest BCUT2D eigenvalue weighted by Gasteiger charge is -2.33. The van der Waals surface area contributed by atoms with Gasteiger partial charge in [0.15, 0.2) is 5.96 Å². The SMILES string of the molecule is CCCCN(CC(=O)O)C(=O)[C@@H](N)CC(=O)NC[C@@H]1CCCN(C(=N)N)C1. The smallest absolute Gasteiger partial charge is 0.323 e. The Morgan fingerprint density at radius 3 is 2.70 bits per heavy atom. The molecule has 7 N–H and O–H groups in total. The fraction of sp³-hybridized carbons (Fsp3) is 0.765. The van der Waals surface area contributed by atoms with Crippen LogP contribution in [0.2, 0.25) is 0 Å². The Labute approximate surface area is 159 Å². The van der Waals surface area contributed by atoms with Crippen LogP contribution >= 0.6 is 0 Å². The van der Waals surface area contributed by atoms with E-state index in [1.54, 1.807) is 4.90 Å². The molecule has 0 aliphatic carbocycles. The Bertz CT molecular complexity index is 542. The van der Waals surface area contributed by atoms with Crippen molar-refractivity contribution in [2.75, 3.05) is 32.7 Å². The summed E-state index contributed by atoms with van der Waals surface area (Å²) >= 11 is 0. The molecular formula is C17H32N6O4. The Hall–Kier alpha value is -2.36. The lowest BCUT2D eigenvalue weighted by atomic mass is 9.98. The van der Waals surface area contributed by atoms with Crippen molar-refractivity contribution in [3.05, 3.63) is 0 Å². The first-order valence-electron chi connectivity index (χ1n) is 9.36. The number of hydrogen-bond acceptors (Lipinski definition) is 5. The van der Waals surface area contributed by atoms with E-state index in [0.717, 1.165) is 25.8 Å². The van der Waals surface area contributed by atoms with Crippen LogP contribution < -0.4 is 16.8 Å². The van der Waals surface area contributed by atoms with Gasteiger partial charge in [-0.05, 0) is 25.2 Å². The second-order valence-corrected chi connectivity index (χ2v) is 6.96. The third-order valence-electron chi connectivity index (χ3n) is 4.59. The van der Waals surface area contributed by atoms with Crippen molar-refractivity contribution in [3.8, 4) is 0 Å². The summed E-state index contributed by atoms with van der Waals surface area (Å²) in [5.41, 5.74) is 11.3. The van der Waals surface area contributed by atoms with Gasteiger partial charge in [0.05, 0.1) is 12.5 Å². The highest BCUT2D eigenvalue weighted by atomic mass is 16.4. The molecule has 0 spiro atoms. The number of guanidine groups is 1. The fourth-order valence-corrected chi connectivity index (χ4v) is 3.08. The van der Waals surface area contributed by atoms with Crippen molar-refractivity contribution in [1.29, 1.82) is 5.41 Å². The third-order valence-corrected chi connectivity index (χ3v) is 4.59. The number of unbranched alkanes of at least 4 members (excludes halogenated alkanes) is 1. The van der Waals surface area contributed by atoms with E-state index in [-0.39, 0.29) is 24.2 Å². The summed E-state index contributed by atoms with van der Waals surface area (Å²) in [6, 6.07) is -1.07. The number of aliphatic carboxylic acids is 1. The van der Waals surface area contributed by atoms with Gasteiger partial charge in [-0.15, -0.1) is 0 Å². The summed E-state index contributed by atoms with van der Waals surface area (Å²) in [5.74, 6) is -1.76. The molecule has 0 aromatic carbocycles. The lowest BCUT2D eigenvalue weighted by Crippen LogP contribution is -2.49. The first kappa shape index (κ1) is 22.7. The molecule has 1 fully saturated rings. The summed E-state index contributed by atoms with van der Waals surface area (Å²) < 4.78 is 0. The van der Waals surface area contributed by atoms with Crippen LogP contribution in [-0.2, 0) is 14.4 Å². The van der Waals surface area contributed by atoms with Gasteiger partial charge in [0.2, 0.25) is 11.8 Å². The molecule has 10 nitrogen and oxygen atoms in total. The van der Waals surface area contributed by atoms with Gasteiger partial charge in [0.25, 0.3) is 0 Å². The molecule has 1 rings (SSSR count). The monoisotopic (exact) mass is 384 g/mol. The number of carboxylic acids is 1. The summed E-state index contributed by atoms with van der Waals surface area (Å²) in [5, 5.41) is 19.2. The number of likely N-dealkylation sites (tertiary alicyclic amines) is 1. The number of carbonyl (C=O) groups is 3. The normalized spacial score (nSPS) is 17.9. The molecule has 27 heavy (non-hydrogen) atoms. The highest BCUT2D eigenvalue weighted by molar-refractivity contribution is 5.89. The van der Waals surface area contributed by atoms with E-state index >= 15 is 0 Å². The molecule has 0 unspecified atom stereocenters. The zero-order valence-corrected chi connectivity index (χ0v) is 15.9. The zero-order valence-electron chi connectivity index (χ0n) is 15.9. The highest BCUT2D eigenvalue weighted by Gasteiger charge is 2.26. The summed E-state index contributed by atoms with van der Waals surface area (Å²) in [7, 11) is 0. The number of carboxylic acid groups (broad SMARTS) is 1. The molecule has 1 aliphatic heterocycles. The molecule has 0 aromatic rings. The van der Waals surface area contributed by atoms with Crippen LogP contribution in [0.5, 0.6) is 0 Å². The van der Waals surface area contributed by atoms with Crippen LogP contribution in [-0.4, -0.2) is 77.4 Å².